The quantitative estimate of drug-likeness (QED) is 0.0676. The van der Waals surface area contributed by atoms with Crippen molar-refractivity contribution in [1.82, 2.24) is 25.0 Å². The molecule has 2 aromatic heterocycles. The Morgan fingerprint density at radius 1 is 0.978 bits per heavy atom. The molecule has 1 aliphatic rings. The second-order valence-corrected chi connectivity index (χ2v) is 18.2. The lowest BCUT2D eigenvalue weighted by Crippen LogP contribution is -2.30. The number of aliphatic hydroxyl groups is 1. The molecule has 2 aromatic carbocycles. The molecule has 1 atom stereocenters. The lowest BCUT2D eigenvalue weighted by Gasteiger charge is -2.24. The van der Waals surface area contributed by atoms with Crippen LogP contribution in [-0.2, 0) is 21.1 Å². The number of nitrogens with zero attached hydrogens (tertiary/aromatic N) is 6. The monoisotopic (exact) mass is 626 g/mol. The summed E-state index contributed by atoms with van der Waals surface area (Å²) in [5.41, 5.74) is 2.71. The van der Waals surface area contributed by atoms with Crippen LogP contribution in [-0.4, -0.2) is 56.4 Å². The van der Waals surface area contributed by atoms with E-state index in [1.165, 1.54) is 4.90 Å². The summed E-state index contributed by atoms with van der Waals surface area (Å²) in [6.07, 6.45) is 1.54. The Morgan fingerprint density at radius 2 is 1.69 bits per heavy atom. The van der Waals surface area contributed by atoms with Crippen molar-refractivity contribution in [2.24, 2.45) is 0 Å². The van der Waals surface area contributed by atoms with Crippen molar-refractivity contribution in [3.8, 4) is 11.8 Å². The van der Waals surface area contributed by atoms with Gasteiger partial charge in [0.15, 0.2) is 5.82 Å². The van der Waals surface area contributed by atoms with Gasteiger partial charge in [-0.3, -0.25) is 14.5 Å². The third kappa shape index (κ3) is 7.35. The van der Waals surface area contributed by atoms with Crippen molar-refractivity contribution in [3.05, 3.63) is 94.9 Å². The molecule has 3 heterocycles. The second-order valence-electron chi connectivity index (χ2n) is 12.6. The zero-order chi connectivity index (χ0) is 32.3. The van der Waals surface area contributed by atoms with E-state index >= 15 is 0 Å². The molecule has 0 radical (unpaired) electrons. The van der Waals surface area contributed by atoms with E-state index in [2.05, 4.69) is 53.8 Å². The van der Waals surface area contributed by atoms with Crippen LogP contribution in [0.4, 0.5) is 5.82 Å². The zero-order valence-electron chi connectivity index (χ0n) is 26.4. The van der Waals surface area contributed by atoms with Gasteiger partial charge in [0.25, 0.3) is 5.78 Å². The molecule has 0 saturated carbocycles. The standard InChI is InChI=1S/C33H38N6O5Si/c1-21(2)23-8-10-25(11-9-23)30(40)28-29(39(32(42)31(28)41)27-16-7-22(3)35-36-27)24-12-14-26(15-13-24)44-33-34-19-38(37-33)20-43-17-18-45(4,5)6/h7-16,19,21,29,40H,17-18,20H2,1-6H3. The van der Waals surface area contributed by atoms with Crippen LogP contribution in [0.25, 0.3) is 5.76 Å². The van der Waals surface area contributed by atoms with Crippen LogP contribution in [0, 0.1) is 6.92 Å². The van der Waals surface area contributed by atoms with Crippen LogP contribution >= 0.6 is 0 Å². The van der Waals surface area contributed by atoms with Crippen LogP contribution in [0.15, 0.2) is 72.6 Å². The van der Waals surface area contributed by atoms with E-state index in [0.717, 1.165) is 11.6 Å². The molecule has 234 valence electrons. The summed E-state index contributed by atoms with van der Waals surface area (Å²) in [5, 5.41) is 24.0. The van der Waals surface area contributed by atoms with Gasteiger partial charge in [0.05, 0.1) is 17.3 Å². The fraction of sp³-hybridized carbons (Fsp3) is 0.333. The number of ketones is 1. The summed E-state index contributed by atoms with van der Waals surface area (Å²) in [7, 11) is -1.18. The first-order valence-electron chi connectivity index (χ1n) is 14.9. The molecule has 0 spiro atoms. The minimum Gasteiger partial charge on any atom is -0.507 e. The van der Waals surface area contributed by atoms with E-state index in [9.17, 15) is 14.7 Å². The van der Waals surface area contributed by atoms with Crippen molar-refractivity contribution >= 4 is 31.3 Å². The molecule has 0 aliphatic carbocycles. The lowest BCUT2D eigenvalue weighted by atomic mass is 9.94. The first-order chi connectivity index (χ1) is 21.4. The first-order valence-corrected chi connectivity index (χ1v) is 18.6. The van der Waals surface area contributed by atoms with Crippen molar-refractivity contribution in [3.63, 3.8) is 0 Å². The fourth-order valence-corrected chi connectivity index (χ4v) is 5.59. The smallest absolute Gasteiger partial charge is 0.341 e. The molecule has 4 aromatic rings. The summed E-state index contributed by atoms with van der Waals surface area (Å²) in [6.45, 7) is 13.8. The number of hydrogen-bond acceptors (Lipinski definition) is 9. The van der Waals surface area contributed by atoms with Gasteiger partial charge in [0.1, 0.15) is 24.6 Å². The highest BCUT2D eigenvalue weighted by Crippen LogP contribution is 2.42. The van der Waals surface area contributed by atoms with E-state index in [1.54, 1.807) is 66.5 Å². The van der Waals surface area contributed by atoms with Gasteiger partial charge in [-0.25, -0.2) is 4.68 Å². The Hall–Kier alpha value is -4.68. The van der Waals surface area contributed by atoms with Gasteiger partial charge in [-0.05, 0) is 54.3 Å². The molecule has 1 amide bonds. The molecular weight excluding hydrogens is 588 g/mol. The number of benzene rings is 2. The predicted molar refractivity (Wildman–Crippen MR) is 173 cm³/mol. The summed E-state index contributed by atoms with van der Waals surface area (Å²) in [6, 6.07) is 17.7. The molecule has 1 aliphatic heterocycles. The first kappa shape index (κ1) is 31.7. The van der Waals surface area contributed by atoms with E-state index in [-0.39, 0.29) is 29.9 Å². The van der Waals surface area contributed by atoms with E-state index in [0.29, 0.717) is 35.1 Å². The van der Waals surface area contributed by atoms with Crippen molar-refractivity contribution in [2.45, 2.75) is 65.1 Å². The molecule has 0 bridgehead atoms. The SMILES string of the molecule is Cc1ccc(N2C(=O)C(=O)C(=C(O)c3ccc(C(C)C)cc3)C2c2ccc(Oc3ncn(COCC[Si](C)(C)C)n3)cc2)nn1. The molecule has 1 saturated heterocycles. The number of amides is 1. The number of anilines is 1. The summed E-state index contributed by atoms with van der Waals surface area (Å²) < 4.78 is 13.1. The average molecular weight is 627 g/mol. The number of hydrogen-bond donors (Lipinski definition) is 1. The number of carbonyl (C=O) groups is 2. The maximum Gasteiger partial charge on any atom is 0.341 e. The Morgan fingerprint density at radius 3 is 2.31 bits per heavy atom. The Kier molecular flexibility index (Phi) is 9.26. The number of aryl methyl sites for hydroxylation is 1. The average Bonchev–Trinajstić information content (AvgIpc) is 3.56. The Bertz CT molecular complexity index is 1690. The van der Waals surface area contributed by atoms with Crippen LogP contribution in [0.5, 0.6) is 11.8 Å². The number of ether oxygens (including phenoxy) is 2. The minimum absolute atomic E-state index is 0.0390. The van der Waals surface area contributed by atoms with Gasteiger partial charge in [-0.2, -0.15) is 10.1 Å². The predicted octanol–water partition coefficient (Wildman–Crippen LogP) is 6.23. The van der Waals surface area contributed by atoms with Gasteiger partial charge < -0.3 is 14.6 Å². The fourth-order valence-electron chi connectivity index (χ4n) is 4.83. The second kappa shape index (κ2) is 13.1. The Labute approximate surface area is 263 Å². The number of carbonyl (C=O) groups excluding carboxylic acids is 2. The van der Waals surface area contributed by atoms with Crippen LogP contribution in [0.3, 0.4) is 0 Å². The van der Waals surface area contributed by atoms with Crippen molar-refractivity contribution in [2.75, 3.05) is 11.5 Å². The Balaban J connectivity index is 1.42. The lowest BCUT2D eigenvalue weighted by molar-refractivity contribution is -0.132. The normalized spacial score (nSPS) is 16.5. The molecular formula is C33H38N6O5Si. The van der Waals surface area contributed by atoms with Crippen LogP contribution in [0.2, 0.25) is 25.7 Å². The molecule has 11 nitrogen and oxygen atoms in total. The topological polar surface area (TPSA) is 133 Å². The van der Waals surface area contributed by atoms with Gasteiger partial charge in [0, 0.05) is 20.2 Å². The van der Waals surface area contributed by atoms with Crippen molar-refractivity contribution < 1.29 is 24.2 Å². The van der Waals surface area contributed by atoms with E-state index in [4.69, 9.17) is 9.47 Å². The van der Waals surface area contributed by atoms with Gasteiger partial charge in [-0.1, -0.05) is 69.9 Å². The highest BCUT2D eigenvalue weighted by atomic mass is 28.3. The molecule has 45 heavy (non-hydrogen) atoms. The largest absolute Gasteiger partial charge is 0.507 e. The molecule has 5 rings (SSSR count). The molecule has 1 fully saturated rings. The highest BCUT2D eigenvalue weighted by molar-refractivity contribution is 6.76. The van der Waals surface area contributed by atoms with Gasteiger partial charge >= 0.3 is 11.9 Å². The summed E-state index contributed by atoms with van der Waals surface area (Å²) in [5.74, 6) is -0.935. The number of rotatable bonds is 11. The van der Waals surface area contributed by atoms with Crippen LogP contribution < -0.4 is 9.64 Å². The highest BCUT2D eigenvalue weighted by Gasteiger charge is 2.47. The molecule has 1 unspecified atom stereocenters. The maximum absolute atomic E-state index is 13.5. The summed E-state index contributed by atoms with van der Waals surface area (Å²) >= 11 is 0. The molecule has 1 N–H and O–H groups in total. The number of aromatic nitrogens is 5. The molecule has 12 heteroatoms. The zero-order valence-corrected chi connectivity index (χ0v) is 27.4. The third-order valence-corrected chi connectivity index (χ3v) is 9.17. The maximum atomic E-state index is 13.5. The third-order valence-electron chi connectivity index (χ3n) is 7.47. The van der Waals surface area contributed by atoms with E-state index in [1.807, 2.05) is 12.1 Å². The summed E-state index contributed by atoms with van der Waals surface area (Å²) in [4.78, 5) is 32.4. The van der Waals surface area contributed by atoms with Crippen LogP contribution in [0.1, 0.15) is 48.2 Å². The van der Waals surface area contributed by atoms with Gasteiger partial charge in [-0.15, -0.1) is 10.2 Å². The van der Waals surface area contributed by atoms with Gasteiger partial charge in [0.2, 0.25) is 0 Å². The van der Waals surface area contributed by atoms with Crippen molar-refractivity contribution in [1.29, 1.82) is 0 Å². The number of aliphatic hydroxyl groups excluding tert-OH is 1. The van der Waals surface area contributed by atoms with E-state index < -0.39 is 25.8 Å². The minimum atomic E-state index is -1.18. The number of Topliss-reactive ketones (excluding diaryl/α,β-unsaturated/α-hetero) is 1.